The number of benzene rings is 2. The van der Waals surface area contributed by atoms with Gasteiger partial charge in [-0.15, -0.1) is 0 Å². The monoisotopic (exact) mass is 467 g/mol. The van der Waals surface area contributed by atoms with Gasteiger partial charge in [-0.2, -0.15) is 0 Å². The number of morpholine rings is 1. The number of hydrogen-bond acceptors (Lipinski definition) is 5. The number of ether oxygens (including phenoxy) is 3. The average molecular weight is 468 g/mol. The number of amides is 2. The van der Waals surface area contributed by atoms with Crippen molar-refractivity contribution in [2.45, 2.75) is 19.2 Å². The third-order valence-corrected chi connectivity index (χ3v) is 5.74. The first-order valence-electron chi connectivity index (χ1n) is 9.99. The van der Waals surface area contributed by atoms with Gasteiger partial charge in [0.2, 0.25) is 0 Å². The first-order valence-corrected chi connectivity index (χ1v) is 10.7. The molecule has 0 spiro atoms. The summed E-state index contributed by atoms with van der Waals surface area (Å²) in [6.07, 6.45) is -0.0802. The first kappa shape index (κ1) is 23.5. The number of halogens is 2. The summed E-state index contributed by atoms with van der Waals surface area (Å²) < 4.78 is 16.3. The molecule has 0 aromatic heterocycles. The highest BCUT2D eigenvalue weighted by Crippen LogP contribution is 2.27. The largest absolute Gasteiger partial charge is 0.493 e. The molecule has 9 heteroatoms. The van der Waals surface area contributed by atoms with E-state index in [1.165, 1.54) is 0 Å². The van der Waals surface area contributed by atoms with Crippen LogP contribution >= 0.6 is 23.2 Å². The molecule has 3 rings (SSSR count). The maximum absolute atomic E-state index is 12.2. The minimum absolute atomic E-state index is 0.0802. The zero-order valence-corrected chi connectivity index (χ0v) is 19.1. The SMILES string of the molecule is COc1ccc(CNC(=O)NCC2CN(Cc3ccc(Cl)c(Cl)c3)CCO2)cc1OC. The zero-order chi connectivity index (χ0) is 22.2. The Balaban J connectivity index is 1.43. The van der Waals surface area contributed by atoms with Crippen molar-refractivity contribution in [3.8, 4) is 11.5 Å². The van der Waals surface area contributed by atoms with E-state index in [0.717, 1.165) is 30.8 Å². The Morgan fingerprint density at radius 1 is 1.06 bits per heavy atom. The van der Waals surface area contributed by atoms with Crippen molar-refractivity contribution < 1.29 is 19.0 Å². The third kappa shape index (κ3) is 6.90. The lowest BCUT2D eigenvalue weighted by Crippen LogP contribution is -2.48. The number of methoxy groups -OCH3 is 2. The Hall–Kier alpha value is -2.19. The van der Waals surface area contributed by atoms with Crippen molar-refractivity contribution >= 4 is 29.2 Å². The smallest absolute Gasteiger partial charge is 0.315 e. The lowest BCUT2D eigenvalue weighted by molar-refractivity contribution is -0.0287. The Morgan fingerprint density at radius 2 is 1.84 bits per heavy atom. The van der Waals surface area contributed by atoms with Gasteiger partial charge in [0.25, 0.3) is 0 Å². The molecule has 2 aromatic carbocycles. The van der Waals surface area contributed by atoms with Gasteiger partial charge in [0.15, 0.2) is 11.5 Å². The Labute approximate surface area is 192 Å². The van der Waals surface area contributed by atoms with Gasteiger partial charge in [0, 0.05) is 32.7 Å². The number of urea groups is 1. The topological polar surface area (TPSA) is 72.1 Å². The Kier molecular flexibility index (Phi) is 8.66. The van der Waals surface area contributed by atoms with Crippen LogP contribution in [0.2, 0.25) is 10.0 Å². The van der Waals surface area contributed by atoms with Gasteiger partial charge in [-0.3, -0.25) is 4.90 Å². The molecule has 2 aromatic rings. The van der Waals surface area contributed by atoms with Gasteiger partial charge >= 0.3 is 6.03 Å². The van der Waals surface area contributed by atoms with Crippen LogP contribution < -0.4 is 20.1 Å². The van der Waals surface area contributed by atoms with Crippen molar-refractivity contribution in [2.24, 2.45) is 0 Å². The van der Waals surface area contributed by atoms with E-state index in [1.54, 1.807) is 20.3 Å². The van der Waals surface area contributed by atoms with Crippen LogP contribution in [0.5, 0.6) is 11.5 Å². The molecular formula is C22H27Cl2N3O4. The number of carbonyl (C=O) groups excluding carboxylic acids is 1. The Bertz CT molecular complexity index is 897. The molecule has 0 radical (unpaired) electrons. The molecule has 0 bridgehead atoms. The lowest BCUT2D eigenvalue weighted by atomic mass is 10.2. The molecule has 0 aliphatic carbocycles. The molecule has 1 aliphatic rings. The van der Waals surface area contributed by atoms with E-state index in [1.807, 2.05) is 30.3 Å². The maximum Gasteiger partial charge on any atom is 0.315 e. The van der Waals surface area contributed by atoms with Gasteiger partial charge in [-0.1, -0.05) is 35.3 Å². The fourth-order valence-electron chi connectivity index (χ4n) is 3.39. The van der Waals surface area contributed by atoms with Crippen LogP contribution in [0.15, 0.2) is 36.4 Å². The predicted octanol–water partition coefficient (Wildman–Crippen LogP) is 3.71. The Morgan fingerprint density at radius 3 is 2.58 bits per heavy atom. The highest BCUT2D eigenvalue weighted by molar-refractivity contribution is 6.42. The molecule has 7 nitrogen and oxygen atoms in total. The van der Waals surface area contributed by atoms with Crippen molar-refractivity contribution in [1.29, 1.82) is 0 Å². The minimum atomic E-state index is -0.250. The molecule has 1 fully saturated rings. The van der Waals surface area contributed by atoms with Crippen molar-refractivity contribution in [3.05, 3.63) is 57.6 Å². The number of nitrogens with zero attached hydrogens (tertiary/aromatic N) is 1. The van der Waals surface area contributed by atoms with Crippen molar-refractivity contribution in [3.63, 3.8) is 0 Å². The standard InChI is InChI=1S/C22H27Cl2N3O4/c1-29-20-6-4-15(10-21(20)30-2)11-25-22(28)26-12-17-14-27(7-8-31-17)13-16-3-5-18(23)19(24)9-16/h3-6,9-10,17H,7-8,11-14H2,1-2H3,(H2,25,26,28). The predicted molar refractivity (Wildman–Crippen MR) is 121 cm³/mol. The van der Waals surface area contributed by atoms with E-state index in [-0.39, 0.29) is 12.1 Å². The molecule has 1 saturated heterocycles. The molecular weight excluding hydrogens is 441 g/mol. The van der Waals surface area contributed by atoms with Crippen LogP contribution in [0.4, 0.5) is 4.79 Å². The highest BCUT2D eigenvalue weighted by Gasteiger charge is 2.21. The van der Waals surface area contributed by atoms with E-state index in [4.69, 9.17) is 37.4 Å². The van der Waals surface area contributed by atoms with E-state index in [0.29, 0.717) is 41.2 Å². The fourth-order valence-corrected chi connectivity index (χ4v) is 3.71. The maximum atomic E-state index is 12.2. The van der Waals surface area contributed by atoms with E-state index < -0.39 is 0 Å². The number of nitrogens with one attached hydrogen (secondary N) is 2. The molecule has 2 N–H and O–H groups in total. The third-order valence-electron chi connectivity index (χ3n) is 5.00. The van der Waals surface area contributed by atoms with Crippen LogP contribution in [0.3, 0.4) is 0 Å². The molecule has 1 heterocycles. The lowest BCUT2D eigenvalue weighted by Gasteiger charge is -2.33. The molecule has 1 unspecified atom stereocenters. The molecule has 0 saturated carbocycles. The summed E-state index contributed by atoms with van der Waals surface area (Å²) in [5.74, 6) is 1.27. The fraction of sp³-hybridized carbons (Fsp3) is 0.409. The number of rotatable bonds is 8. The van der Waals surface area contributed by atoms with Gasteiger partial charge in [-0.05, 0) is 35.4 Å². The second-order valence-corrected chi connectivity index (χ2v) is 8.04. The molecule has 1 aliphatic heterocycles. The summed E-state index contributed by atoms with van der Waals surface area (Å²) in [5.41, 5.74) is 2.00. The van der Waals surface area contributed by atoms with Crippen LogP contribution in [0.1, 0.15) is 11.1 Å². The summed E-state index contributed by atoms with van der Waals surface area (Å²) in [4.78, 5) is 14.5. The average Bonchev–Trinajstić information content (AvgIpc) is 2.78. The first-order chi connectivity index (χ1) is 15.0. The molecule has 31 heavy (non-hydrogen) atoms. The zero-order valence-electron chi connectivity index (χ0n) is 17.6. The van der Waals surface area contributed by atoms with Gasteiger partial charge in [0.1, 0.15) is 0 Å². The second kappa shape index (κ2) is 11.4. The van der Waals surface area contributed by atoms with Crippen molar-refractivity contribution in [1.82, 2.24) is 15.5 Å². The molecule has 168 valence electrons. The van der Waals surface area contributed by atoms with Gasteiger partial charge < -0.3 is 24.8 Å². The normalized spacial score (nSPS) is 16.6. The van der Waals surface area contributed by atoms with E-state index in [9.17, 15) is 4.79 Å². The summed E-state index contributed by atoms with van der Waals surface area (Å²) in [5, 5.41) is 6.83. The number of carbonyl (C=O) groups is 1. The summed E-state index contributed by atoms with van der Waals surface area (Å²) >= 11 is 12.1. The van der Waals surface area contributed by atoms with Crippen LogP contribution in [0.25, 0.3) is 0 Å². The molecule has 2 amide bonds. The van der Waals surface area contributed by atoms with Crippen LogP contribution in [-0.2, 0) is 17.8 Å². The summed E-state index contributed by atoms with van der Waals surface area (Å²) in [6, 6.07) is 10.9. The van der Waals surface area contributed by atoms with Gasteiger partial charge in [-0.25, -0.2) is 4.79 Å². The van der Waals surface area contributed by atoms with Gasteiger partial charge in [0.05, 0.1) is 37.0 Å². The van der Waals surface area contributed by atoms with Crippen molar-refractivity contribution in [2.75, 3.05) is 40.5 Å². The quantitative estimate of drug-likeness (QED) is 0.618. The van der Waals surface area contributed by atoms with Crippen LogP contribution in [-0.4, -0.2) is 57.5 Å². The van der Waals surface area contributed by atoms with Crippen LogP contribution in [0, 0.1) is 0 Å². The van der Waals surface area contributed by atoms with E-state index in [2.05, 4.69) is 15.5 Å². The van der Waals surface area contributed by atoms with E-state index >= 15 is 0 Å². The second-order valence-electron chi connectivity index (χ2n) is 7.23. The number of hydrogen-bond donors (Lipinski definition) is 2. The summed E-state index contributed by atoms with van der Waals surface area (Å²) in [7, 11) is 3.17. The molecule has 1 atom stereocenters. The highest BCUT2D eigenvalue weighted by atomic mass is 35.5. The minimum Gasteiger partial charge on any atom is -0.493 e. The summed E-state index contributed by atoms with van der Waals surface area (Å²) in [6.45, 7) is 3.71.